The van der Waals surface area contributed by atoms with Gasteiger partial charge in [-0.05, 0) is 40.2 Å². The van der Waals surface area contributed by atoms with Crippen molar-refractivity contribution >= 4 is 27.5 Å². The van der Waals surface area contributed by atoms with Crippen molar-refractivity contribution in [1.82, 2.24) is 10.2 Å². The van der Waals surface area contributed by atoms with Crippen LogP contribution in [0.25, 0.3) is 22.9 Å². The quantitative estimate of drug-likeness (QED) is 0.674. The van der Waals surface area contributed by atoms with E-state index in [-0.39, 0.29) is 0 Å². The number of aromatic nitrogens is 2. The van der Waals surface area contributed by atoms with Gasteiger partial charge in [-0.1, -0.05) is 35.9 Å². The summed E-state index contributed by atoms with van der Waals surface area (Å²) in [6, 6.07) is 15.1. The average Bonchev–Trinajstić information content (AvgIpc) is 2.89. The van der Waals surface area contributed by atoms with Crippen LogP contribution in [-0.4, -0.2) is 10.2 Å². The van der Waals surface area contributed by atoms with E-state index in [1.54, 1.807) is 6.07 Å². The van der Waals surface area contributed by atoms with Crippen molar-refractivity contribution in [2.75, 3.05) is 0 Å². The van der Waals surface area contributed by atoms with E-state index in [1.165, 1.54) is 0 Å². The Labute approximate surface area is 123 Å². The lowest BCUT2D eigenvalue weighted by Crippen LogP contribution is -1.79. The van der Waals surface area contributed by atoms with Crippen molar-refractivity contribution in [2.45, 2.75) is 0 Å². The molecule has 0 aliphatic rings. The molecule has 0 fully saturated rings. The first-order chi connectivity index (χ1) is 9.25. The summed E-state index contributed by atoms with van der Waals surface area (Å²) in [6.45, 7) is 0. The summed E-state index contributed by atoms with van der Waals surface area (Å²) in [4.78, 5) is 0. The predicted molar refractivity (Wildman–Crippen MR) is 77.9 cm³/mol. The van der Waals surface area contributed by atoms with Gasteiger partial charge in [-0.25, -0.2) is 0 Å². The number of nitrogens with zero attached hydrogens (tertiary/aromatic N) is 2. The van der Waals surface area contributed by atoms with E-state index in [1.807, 2.05) is 42.5 Å². The van der Waals surface area contributed by atoms with E-state index in [2.05, 4.69) is 26.1 Å². The van der Waals surface area contributed by atoms with E-state index < -0.39 is 0 Å². The Balaban J connectivity index is 2.06. The van der Waals surface area contributed by atoms with Crippen LogP contribution in [0.3, 0.4) is 0 Å². The third kappa shape index (κ3) is 2.41. The molecular formula is C14H8BrClN2O. The molecule has 3 aromatic rings. The minimum atomic E-state index is 0.413. The summed E-state index contributed by atoms with van der Waals surface area (Å²) in [5, 5.41) is 8.69. The van der Waals surface area contributed by atoms with Crippen molar-refractivity contribution in [1.29, 1.82) is 0 Å². The molecule has 0 saturated heterocycles. The topological polar surface area (TPSA) is 38.9 Å². The first-order valence-electron chi connectivity index (χ1n) is 5.59. The van der Waals surface area contributed by atoms with Crippen LogP contribution in [0.4, 0.5) is 0 Å². The monoisotopic (exact) mass is 334 g/mol. The van der Waals surface area contributed by atoms with Gasteiger partial charge in [0.1, 0.15) is 0 Å². The number of hydrogen-bond acceptors (Lipinski definition) is 3. The summed E-state index contributed by atoms with van der Waals surface area (Å²) in [5.41, 5.74) is 1.59. The van der Waals surface area contributed by atoms with Gasteiger partial charge in [0, 0.05) is 4.47 Å². The normalized spacial score (nSPS) is 10.6. The first-order valence-corrected chi connectivity index (χ1v) is 6.76. The minimum Gasteiger partial charge on any atom is -0.416 e. The molecule has 1 heterocycles. The zero-order valence-electron chi connectivity index (χ0n) is 9.68. The molecule has 0 N–H and O–H groups in total. The highest BCUT2D eigenvalue weighted by Crippen LogP contribution is 2.31. The largest absolute Gasteiger partial charge is 0.416 e. The summed E-state index contributed by atoms with van der Waals surface area (Å²) in [6.07, 6.45) is 0. The van der Waals surface area contributed by atoms with Crippen molar-refractivity contribution in [3.63, 3.8) is 0 Å². The maximum absolute atomic E-state index is 6.11. The second-order valence-electron chi connectivity index (χ2n) is 3.87. The molecule has 94 valence electrons. The third-order valence-electron chi connectivity index (χ3n) is 2.63. The van der Waals surface area contributed by atoms with E-state index in [4.69, 9.17) is 16.0 Å². The molecular weight excluding hydrogens is 328 g/mol. The summed E-state index contributed by atoms with van der Waals surface area (Å²) in [5.74, 6) is 0.874. The number of rotatable bonds is 2. The van der Waals surface area contributed by atoms with E-state index in [9.17, 15) is 0 Å². The lowest BCUT2D eigenvalue weighted by atomic mass is 10.2. The van der Waals surface area contributed by atoms with Gasteiger partial charge in [-0.2, -0.15) is 0 Å². The summed E-state index contributed by atoms with van der Waals surface area (Å²) in [7, 11) is 0. The van der Waals surface area contributed by atoms with Crippen LogP contribution in [0.15, 0.2) is 57.4 Å². The molecule has 1 aromatic heterocycles. The predicted octanol–water partition coefficient (Wildman–Crippen LogP) is 4.82. The SMILES string of the molecule is Clc1ccccc1-c1nnc(-c2ccccc2Br)o1. The number of hydrogen-bond donors (Lipinski definition) is 0. The van der Waals surface area contributed by atoms with Crippen molar-refractivity contribution in [3.05, 3.63) is 58.0 Å². The Morgan fingerprint density at radius 2 is 1.42 bits per heavy atom. The second-order valence-corrected chi connectivity index (χ2v) is 5.13. The van der Waals surface area contributed by atoms with Gasteiger partial charge in [0.05, 0.1) is 16.1 Å². The van der Waals surface area contributed by atoms with Gasteiger partial charge >= 0.3 is 0 Å². The molecule has 19 heavy (non-hydrogen) atoms. The van der Waals surface area contributed by atoms with Gasteiger partial charge in [-0.3, -0.25) is 0 Å². The minimum absolute atomic E-state index is 0.413. The molecule has 0 bridgehead atoms. The maximum atomic E-state index is 6.11. The maximum Gasteiger partial charge on any atom is 0.249 e. The van der Waals surface area contributed by atoms with E-state index in [0.717, 1.165) is 15.6 Å². The van der Waals surface area contributed by atoms with Crippen LogP contribution in [0.1, 0.15) is 0 Å². The highest BCUT2D eigenvalue weighted by Gasteiger charge is 2.14. The van der Waals surface area contributed by atoms with Crippen LogP contribution in [0.5, 0.6) is 0 Å². The highest BCUT2D eigenvalue weighted by atomic mass is 79.9. The van der Waals surface area contributed by atoms with E-state index in [0.29, 0.717) is 16.8 Å². The zero-order chi connectivity index (χ0) is 13.2. The third-order valence-corrected chi connectivity index (χ3v) is 3.65. The molecule has 0 spiro atoms. The van der Waals surface area contributed by atoms with Gasteiger partial charge < -0.3 is 4.42 Å². The number of halogens is 2. The Bertz CT molecular complexity index is 667. The Morgan fingerprint density at radius 1 is 0.842 bits per heavy atom. The molecule has 0 unspecified atom stereocenters. The van der Waals surface area contributed by atoms with Gasteiger partial charge in [-0.15, -0.1) is 10.2 Å². The van der Waals surface area contributed by atoms with Gasteiger partial charge in [0.2, 0.25) is 11.8 Å². The molecule has 0 radical (unpaired) electrons. The number of benzene rings is 2. The van der Waals surface area contributed by atoms with Crippen LogP contribution < -0.4 is 0 Å². The molecule has 0 aliphatic heterocycles. The first kappa shape index (κ1) is 12.4. The summed E-state index contributed by atoms with van der Waals surface area (Å²) < 4.78 is 6.59. The fraction of sp³-hybridized carbons (Fsp3) is 0. The van der Waals surface area contributed by atoms with Crippen molar-refractivity contribution < 1.29 is 4.42 Å². The second kappa shape index (κ2) is 5.15. The Hall–Kier alpha value is -1.65. The van der Waals surface area contributed by atoms with Crippen LogP contribution in [0, 0.1) is 0 Å². The Kier molecular flexibility index (Phi) is 3.36. The van der Waals surface area contributed by atoms with Crippen molar-refractivity contribution in [2.24, 2.45) is 0 Å². The highest BCUT2D eigenvalue weighted by molar-refractivity contribution is 9.10. The molecule has 0 saturated carbocycles. The van der Waals surface area contributed by atoms with Gasteiger partial charge in [0.15, 0.2) is 0 Å². The molecule has 0 aliphatic carbocycles. The Morgan fingerprint density at radius 3 is 2.11 bits per heavy atom. The van der Waals surface area contributed by atoms with E-state index >= 15 is 0 Å². The standard InChI is InChI=1S/C14H8BrClN2O/c15-11-7-3-1-5-9(11)13-17-18-14(19-13)10-6-2-4-8-12(10)16/h1-8H. The summed E-state index contributed by atoms with van der Waals surface area (Å²) >= 11 is 9.57. The zero-order valence-corrected chi connectivity index (χ0v) is 12.0. The molecule has 3 nitrogen and oxygen atoms in total. The fourth-order valence-corrected chi connectivity index (χ4v) is 2.38. The lowest BCUT2D eigenvalue weighted by Gasteiger charge is -1.98. The molecule has 0 atom stereocenters. The van der Waals surface area contributed by atoms with Crippen LogP contribution >= 0.6 is 27.5 Å². The molecule has 5 heteroatoms. The van der Waals surface area contributed by atoms with Crippen LogP contribution in [0.2, 0.25) is 5.02 Å². The average molecular weight is 336 g/mol. The van der Waals surface area contributed by atoms with Crippen LogP contribution in [-0.2, 0) is 0 Å². The lowest BCUT2D eigenvalue weighted by molar-refractivity contribution is 0.584. The molecule has 0 amide bonds. The smallest absolute Gasteiger partial charge is 0.249 e. The fourth-order valence-electron chi connectivity index (χ4n) is 1.71. The molecule has 2 aromatic carbocycles. The van der Waals surface area contributed by atoms with Gasteiger partial charge in [0.25, 0.3) is 0 Å². The molecule has 3 rings (SSSR count). The van der Waals surface area contributed by atoms with Crippen molar-refractivity contribution in [3.8, 4) is 22.9 Å².